The van der Waals surface area contributed by atoms with E-state index in [0.717, 1.165) is 12.3 Å². The lowest BCUT2D eigenvalue weighted by molar-refractivity contribution is 0.0851. The molecule has 1 aromatic rings. The summed E-state index contributed by atoms with van der Waals surface area (Å²) in [6.07, 6.45) is 1.05. The monoisotopic (exact) mass is 181 g/mol. The van der Waals surface area contributed by atoms with Crippen molar-refractivity contribution in [3.63, 3.8) is 0 Å². The van der Waals surface area contributed by atoms with Gasteiger partial charge in [-0.15, -0.1) is 0 Å². The zero-order valence-electron chi connectivity index (χ0n) is 5.19. The predicted octanol–water partition coefficient (Wildman–Crippen LogP) is 2.51. The van der Waals surface area contributed by atoms with Gasteiger partial charge in [-0.05, 0) is 23.7 Å². The van der Waals surface area contributed by atoms with Gasteiger partial charge < -0.3 is 0 Å². The Hall–Kier alpha value is -0.770. The molecule has 1 rings (SSSR count). The minimum atomic E-state index is -3.73. The van der Waals surface area contributed by atoms with Crippen molar-refractivity contribution in [2.45, 2.75) is 5.38 Å². The molecular weight excluding hydrogens is 179 g/mol. The molecule has 1 aromatic heterocycles. The van der Waals surface area contributed by atoms with Gasteiger partial charge in [-0.1, -0.05) is 0 Å². The van der Waals surface area contributed by atoms with Crippen LogP contribution in [0.25, 0.3) is 0 Å². The molecule has 0 spiro atoms. The lowest BCUT2D eigenvalue weighted by Crippen LogP contribution is -2.08. The number of aromatic nitrogens is 1. The van der Waals surface area contributed by atoms with E-state index in [-0.39, 0.29) is 0 Å². The van der Waals surface area contributed by atoms with E-state index in [2.05, 4.69) is 16.6 Å². The summed E-state index contributed by atoms with van der Waals surface area (Å²) in [6, 6.07) is 2.08. The van der Waals surface area contributed by atoms with Crippen LogP contribution in [0.4, 0.5) is 13.2 Å². The number of halogens is 4. The Kier molecular flexibility index (Phi) is 2.04. The smallest absolute Gasteiger partial charge is 0.251 e. The average molecular weight is 182 g/mol. The van der Waals surface area contributed by atoms with Crippen LogP contribution in [0.5, 0.6) is 0 Å². The third-order valence-electron chi connectivity index (χ3n) is 1.03. The van der Waals surface area contributed by atoms with Gasteiger partial charge in [-0.3, -0.25) is 4.98 Å². The summed E-state index contributed by atoms with van der Waals surface area (Å²) in [4.78, 5) is 3.09. The van der Waals surface area contributed by atoms with Crippen LogP contribution in [0.3, 0.4) is 0 Å². The maximum atomic E-state index is 12.5. The normalized spacial score (nSPS) is 11.6. The van der Waals surface area contributed by atoms with Gasteiger partial charge >= 0.3 is 5.38 Å². The van der Waals surface area contributed by atoms with Crippen molar-refractivity contribution in [1.82, 2.24) is 4.98 Å². The summed E-state index contributed by atoms with van der Waals surface area (Å²) < 4.78 is 36.8. The van der Waals surface area contributed by atoms with Gasteiger partial charge in [0, 0.05) is 6.20 Å². The van der Waals surface area contributed by atoms with Gasteiger partial charge in [0.05, 0.1) is 0 Å². The van der Waals surface area contributed by atoms with Gasteiger partial charge in [-0.2, -0.15) is 8.78 Å². The summed E-state index contributed by atoms with van der Waals surface area (Å²) in [5, 5.41) is -3.73. The minimum Gasteiger partial charge on any atom is -0.251 e. The summed E-state index contributed by atoms with van der Waals surface area (Å²) >= 11 is 4.53. The Morgan fingerprint density at radius 3 is 2.45 bits per heavy atom. The Bertz CT molecular complexity index is 258. The van der Waals surface area contributed by atoms with Gasteiger partial charge in [0.25, 0.3) is 0 Å². The number of pyridine rings is 1. The SMILES string of the molecule is Fc1cccnc1C(F)(F)Cl. The number of rotatable bonds is 1. The van der Waals surface area contributed by atoms with E-state index in [4.69, 9.17) is 0 Å². The zero-order chi connectivity index (χ0) is 8.48. The highest BCUT2D eigenvalue weighted by Crippen LogP contribution is 2.31. The molecule has 1 nitrogen and oxygen atoms in total. The van der Waals surface area contributed by atoms with E-state index < -0.39 is 16.9 Å². The third kappa shape index (κ3) is 1.83. The number of hydrogen-bond acceptors (Lipinski definition) is 1. The molecule has 0 aromatic carbocycles. The number of hydrogen-bond donors (Lipinski definition) is 0. The second-order valence-electron chi connectivity index (χ2n) is 1.83. The first kappa shape index (κ1) is 8.33. The Morgan fingerprint density at radius 2 is 2.09 bits per heavy atom. The summed E-state index contributed by atoms with van der Waals surface area (Å²) in [5.41, 5.74) is -1.04. The van der Waals surface area contributed by atoms with Crippen LogP contribution in [0.15, 0.2) is 18.3 Å². The van der Waals surface area contributed by atoms with Crippen LogP contribution >= 0.6 is 11.6 Å². The zero-order valence-corrected chi connectivity index (χ0v) is 5.95. The Balaban J connectivity index is 3.14. The molecule has 0 atom stereocenters. The first-order valence-electron chi connectivity index (χ1n) is 2.69. The van der Waals surface area contributed by atoms with E-state index in [9.17, 15) is 13.2 Å². The molecule has 0 aliphatic carbocycles. The molecule has 0 saturated carbocycles. The second-order valence-corrected chi connectivity index (χ2v) is 2.31. The molecule has 0 saturated heterocycles. The Morgan fingerprint density at radius 1 is 1.45 bits per heavy atom. The van der Waals surface area contributed by atoms with Gasteiger partial charge in [0.1, 0.15) is 0 Å². The summed E-state index contributed by atoms with van der Waals surface area (Å²) in [6.45, 7) is 0. The molecule has 11 heavy (non-hydrogen) atoms. The van der Waals surface area contributed by atoms with Crippen LogP contribution in [-0.4, -0.2) is 4.98 Å². The highest BCUT2D eigenvalue weighted by molar-refractivity contribution is 6.21. The third-order valence-corrected chi connectivity index (χ3v) is 1.21. The van der Waals surface area contributed by atoms with Crippen LogP contribution in [0, 0.1) is 5.82 Å². The van der Waals surface area contributed by atoms with Crippen molar-refractivity contribution in [2.24, 2.45) is 0 Å². The van der Waals surface area contributed by atoms with Gasteiger partial charge in [0.2, 0.25) is 0 Å². The number of nitrogens with zero attached hydrogens (tertiary/aromatic N) is 1. The van der Waals surface area contributed by atoms with Crippen molar-refractivity contribution < 1.29 is 13.2 Å². The topological polar surface area (TPSA) is 12.9 Å². The second kappa shape index (κ2) is 2.70. The van der Waals surface area contributed by atoms with Crippen molar-refractivity contribution in [3.05, 3.63) is 29.8 Å². The predicted molar refractivity (Wildman–Crippen MR) is 33.9 cm³/mol. The van der Waals surface area contributed by atoms with Crippen molar-refractivity contribution in [1.29, 1.82) is 0 Å². The van der Waals surface area contributed by atoms with Crippen LogP contribution in [0.1, 0.15) is 5.69 Å². The van der Waals surface area contributed by atoms with E-state index in [0.29, 0.717) is 0 Å². The lowest BCUT2D eigenvalue weighted by atomic mass is 10.3. The molecule has 1 heterocycles. The maximum absolute atomic E-state index is 12.5. The van der Waals surface area contributed by atoms with E-state index in [1.54, 1.807) is 0 Å². The molecule has 60 valence electrons. The molecule has 0 fully saturated rings. The van der Waals surface area contributed by atoms with Crippen LogP contribution in [-0.2, 0) is 5.38 Å². The van der Waals surface area contributed by atoms with Crippen molar-refractivity contribution >= 4 is 11.6 Å². The fourth-order valence-electron chi connectivity index (χ4n) is 0.594. The lowest BCUT2D eigenvalue weighted by Gasteiger charge is -2.06. The van der Waals surface area contributed by atoms with E-state index >= 15 is 0 Å². The molecule has 0 amide bonds. The molecule has 0 N–H and O–H groups in total. The maximum Gasteiger partial charge on any atom is 0.367 e. The molecule has 5 heteroatoms. The molecule has 0 bridgehead atoms. The first-order chi connectivity index (χ1) is 5.02. The highest BCUT2D eigenvalue weighted by atomic mass is 35.5. The largest absolute Gasteiger partial charge is 0.367 e. The molecular formula is C6H3ClF3N. The molecule has 0 unspecified atom stereocenters. The van der Waals surface area contributed by atoms with Crippen molar-refractivity contribution in [2.75, 3.05) is 0 Å². The minimum absolute atomic E-state index is 0.874. The van der Waals surface area contributed by atoms with Gasteiger partial charge in [0.15, 0.2) is 11.5 Å². The standard InChI is InChI=1S/C6H3ClF3N/c7-6(9,10)5-4(8)2-1-3-11-5/h1-3H. The molecule has 0 aliphatic rings. The summed E-state index contributed by atoms with van der Waals surface area (Å²) in [7, 11) is 0. The van der Waals surface area contributed by atoms with Crippen molar-refractivity contribution in [3.8, 4) is 0 Å². The fraction of sp³-hybridized carbons (Fsp3) is 0.167. The highest BCUT2D eigenvalue weighted by Gasteiger charge is 2.32. The first-order valence-corrected chi connectivity index (χ1v) is 3.07. The number of alkyl halides is 3. The van der Waals surface area contributed by atoms with Gasteiger partial charge in [-0.25, -0.2) is 4.39 Å². The fourth-order valence-corrected chi connectivity index (χ4v) is 0.733. The summed E-state index contributed by atoms with van der Waals surface area (Å²) in [5.74, 6) is -1.10. The van der Waals surface area contributed by atoms with E-state index in [1.807, 2.05) is 0 Å². The Labute approximate surface area is 65.8 Å². The van der Waals surface area contributed by atoms with Crippen LogP contribution < -0.4 is 0 Å². The van der Waals surface area contributed by atoms with E-state index in [1.165, 1.54) is 6.07 Å². The molecule has 0 radical (unpaired) electrons. The quantitative estimate of drug-likeness (QED) is 0.607. The molecule has 0 aliphatic heterocycles. The average Bonchev–Trinajstić information content (AvgIpc) is 1.86. The van der Waals surface area contributed by atoms with Crippen LogP contribution in [0.2, 0.25) is 0 Å².